The summed E-state index contributed by atoms with van der Waals surface area (Å²) < 4.78 is 0. The summed E-state index contributed by atoms with van der Waals surface area (Å²) in [5.74, 6) is 0. The van der Waals surface area contributed by atoms with Crippen LogP contribution in [0.2, 0.25) is 0 Å². The minimum Gasteiger partial charge on any atom is -0.412 e. The number of hydrogen-bond donors (Lipinski definition) is 2. The van der Waals surface area contributed by atoms with Gasteiger partial charge in [0.2, 0.25) is 0 Å². The maximum absolute atomic E-state index is 8.36. The van der Waals surface area contributed by atoms with Gasteiger partial charge in [0.1, 0.15) is 0 Å². The zero-order chi connectivity index (χ0) is 6.28. The van der Waals surface area contributed by atoms with Gasteiger partial charge >= 0.3 is 0 Å². The molecule has 0 radical (unpaired) electrons. The SMILES string of the molecule is CNC.O.O=[N+]([O-])O. The van der Waals surface area contributed by atoms with Crippen molar-refractivity contribution in [3.05, 3.63) is 10.1 Å². The van der Waals surface area contributed by atoms with Crippen LogP contribution in [0.4, 0.5) is 0 Å². The molecular weight excluding hydrogens is 116 g/mol. The summed E-state index contributed by atoms with van der Waals surface area (Å²) in [4.78, 5) is 8.36. The highest BCUT2D eigenvalue weighted by atomic mass is 16.9. The second-order valence-electron chi connectivity index (χ2n) is 0.738. The summed E-state index contributed by atoms with van der Waals surface area (Å²) in [7, 11) is 3.75. The van der Waals surface area contributed by atoms with Crippen molar-refractivity contribution >= 4 is 0 Å². The quantitative estimate of drug-likeness (QED) is 0.309. The molecule has 0 heterocycles. The molecule has 0 aromatic heterocycles. The summed E-state index contributed by atoms with van der Waals surface area (Å²) in [6.07, 6.45) is 0. The van der Waals surface area contributed by atoms with E-state index >= 15 is 0 Å². The van der Waals surface area contributed by atoms with E-state index in [0.717, 1.165) is 0 Å². The van der Waals surface area contributed by atoms with Gasteiger partial charge in [-0.2, -0.15) is 0 Å². The van der Waals surface area contributed by atoms with Crippen molar-refractivity contribution in [3.8, 4) is 0 Å². The molecule has 0 aliphatic rings. The highest BCUT2D eigenvalue weighted by molar-refractivity contribution is 3.91. The molecule has 0 aliphatic carbocycles. The van der Waals surface area contributed by atoms with E-state index in [2.05, 4.69) is 5.32 Å². The molecule has 0 fully saturated rings. The van der Waals surface area contributed by atoms with Crippen molar-refractivity contribution in [3.63, 3.8) is 0 Å². The van der Waals surface area contributed by atoms with Gasteiger partial charge in [0.25, 0.3) is 5.09 Å². The van der Waals surface area contributed by atoms with Crippen molar-refractivity contribution in [2.45, 2.75) is 0 Å². The van der Waals surface area contributed by atoms with Crippen LogP contribution in [0.5, 0.6) is 0 Å². The van der Waals surface area contributed by atoms with E-state index < -0.39 is 5.09 Å². The maximum Gasteiger partial charge on any atom is 0.291 e. The Morgan fingerprint density at radius 2 is 1.62 bits per heavy atom. The van der Waals surface area contributed by atoms with Gasteiger partial charge in [0, 0.05) is 0 Å². The van der Waals surface area contributed by atoms with Gasteiger partial charge in [0.15, 0.2) is 0 Å². The average molecular weight is 126 g/mol. The Labute approximate surface area is 46.5 Å². The number of nitrogens with one attached hydrogen (secondary N) is 1. The first kappa shape index (κ1) is 15.7. The van der Waals surface area contributed by atoms with E-state index in [1.807, 2.05) is 14.1 Å². The monoisotopic (exact) mass is 126 g/mol. The molecule has 0 amide bonds. The lowest BCUT2D eigenvalue weighted by atomic mass is 11.3. The predicted molar refractivity (Wildman–Crippen MR) is 27.4 cm³/mol. The first-order valence-corrected chi connectivity index (χ1v) is 1.57. The van der Waals surface area contributed by atoms with E-state index in [1.54, 1.807) is 0 Å². The van der Waals surface area contributed by atoms with E-state index in [-0.39, 0.29) is 5.48 Å². The third-order valence-electron chi connectivity index (χ3n) is 0. The predicted octanol–water partition coefficient (Wildman–Crippen LogP) is -1.34. The molecule has 0 atom stereocenters. The van der Waals surface area contributed by atoms with Crippen molar-refractivity contribution in [2.75, 3.05) is 14.1 Å². The second-order valence-corrected chi connectivity index (χ2v) is 0.738. The molecule has 0 saturated heterocycles. The molecule has 8 heavy (non-hydrogen) atoms. The summed E-state index contributed by atoms with van der Waals surface area (Å²) in [6.45, 7) is 0. The zero-order valence-electron chi connectivity index (χ0n) is 4.71. The third kappa shape index (κ3) is 112. The van der Waals surface area contributed by atoms with Gasteiger partial charge in [-0.3, -0.25) is 0 Å². The molecule has 6 nitrogen and oxygen atoms in total. The highest BCUT2D eigenvalue weighted by Gasteiger charge is 1.65. The lowest BCUT2D eigenvalue weighted by Gasteiger charge is -1.59. The Kier molecular flexibility index (Phi) is 32.4. The summed E-state index contributed by atoms with van der Waals surface area (Å²) in [5, 5.41) is 16.4. The molecule has 0 aromatic rings. The largest absolute Gasteiger partial charge is 0.412 e. The van der Waals surface area contributed by atoms with Crippen LogP contribution in [0.15, 0.2) is 0 Å². The first-order chi connectivity index (χ1) is 3.15. The Hall–Kier alpha value is -0.880. The maximum atomic E-state index is 8.36. The number of nitrogens with zero attached hydrogens (tertiary/aromatic N) is 1. The van der Waals surface area contributed by atoms with Gasteiger partial charge in [-0.1, -0.05) is 0 Å². The molecule has 0 rings (SSSR count). The first-order valence-electron chi connectivity index (χ1n) is 1.57. The van der Waals surface area contributed by atoms with Gasteiger partial charge in [-0.15, -0.1) is 10.1 Å². The normalized spacial score (nSPS) is 5.25. The summed E-state index contributed by atoms with van der Waals surface area (Å²) >= 11 is 0. The standard InChI is InChI=1S/C2H7N.HNO3.H2O/c1-3-2;2-1(3)4;/h3H,1-2H3;(H,2,3,4);1H2. The molecule has 0 spiro atoms. The lowest BCUT2D eigenvalue weighted by Crippen LogP contribution is -1.89. The van der Waals surface area contributed by atoms with Crippen LogP contribution in [0.3, 0.4) is 0 Å². The van der Waals surface area contributed by atoms with Crippen LogP contribution in [0.1, 0.15) is 0 Å². The molecule has 52 valence electrons. The zero-order valence-corrected chi connectivity index (χ0v) is 4.71. The minimum absolute atomic E-state index is 0. The minimum atomic E-state index is -1.50. The van der Waals surface area contributed by atoms with Gasteiger partial charge < -0.3 is 16.0 Å². The Balaban J connectivity index is -0.0000000575. The lowest BCUT2D eigenvalue weighted by molar-refractivity contribution is -0.742. The van der Waals surface area contributed by atoms with E-state index in [0.29, 0.717) is 0 Å². The van der Waals surface area contributed by atoms with Crippen molar-refractivity contribution in [1.82, 2.24) is 5.32 Å². The van der Waals surface area contributed by atoms with Crippen molar-refractivity contribution in [2.24, 2.45) is 0 Å². The molecule has 0 aliphatic heterocycles. The molecule has 0 aromatic carbocycles. The molecular formula is C2H10N2O4. The van der Waals surface area contributed by atoms with Crippen LogP contribution < -0.4 is 5.32 Å². The molecule has 4 N–H and O–H groups in total. The van der Waals surface area contributed by atoms with Crippen molar-refractivity contribution in [1.29, 1.82) is 0 Å². The number of hydrogen-bond acceptors (Lipinski definition) is 3. The van der Waals surface area contributed by atoms with Crippen LogP contribution >= 0.6 is 0 Å². The Bertz CT molecular complexity index is 43.3. The summed E-state index contributed by atoms with van der Waals surface area (Å²) in [6, 6.07) is 0. The second kappa shape index (κ2) is 16.5. The highest BCUT2D eigenvalue weighted by Crippen LogP contribution is 1.38. The molecule has 0 saturated carbocycles. The molecule has 0 bridgehead atoms. The summed E-state index contributed by atoms with van der Waals surface area (Å²) in [5.41, 5.74) is 0. The fourth-order valence-corrected chi connectivity index (χ4v) is 0. The average Bonchev–Trinajstić information content (AvgIpc) is 1.33. The van der Waals surface area contributed by atoms with Crippen LogP contribution in [-0.2, 0) is 0 Å². The fourth-order valence-electron chi connectivity index (χ4n) is 0. The van der Waals surface area contributed by atoms with Crippen LogP contribution in [0.25, 0.3) is 0 Å². The van der Waals surface area contributed by atoms with E-state index in [4.69, 9.17) is 15.3 Å². The van der Waals surface area contributed by atoms with Gasteiger partial charge in [0.05, 0.1) is 0 Å². The van der Waals surface area contributed by atoms with E-state index in [1.165, 1.54) is 0 Å². The van der Waals surface area contributed by atoms with Gasteiger partial charge in [-0.05, 0) is 14.1 Å². The van der Waals surface area contributed by atoms with Crippen LogP contribution in [-0.4, -0.2) is 29.9 Å². The van der Waals surface area contributed by atoms with Crippen LogP contribution in [0, 0.1) is 10.1 Å². The van der Waals surface area contributed by atoms with Crippen molar-refractivity contribution < 1.29 is 15.8 Å². The van der Waals surface area contributed by atoms with E-state index in [9.17, 15) is 0 Å². The number of rotatable bonds is 0. The third-order valence-corrected chi connectivity index (χ3v) is 0. The Morgan fingerprint density at radius 1 is 1.62 bits per heavy atom. The van der Waals surface area contributed by atoms with Gasteiger partial charge in [-0.25, -0.2) is 0 Å². The molecule has 6 heteroatoms. The topological polar surface area (TPSA) is 107 Å². The fraction of sp³-hybridized carbons (Fsp3) is 1.00. The smallest absolute Gasteiger partial charge is 0.291 e. The molecule has 0 unspecified atom stereocenters. The Morgan fingerprint density at radius 3 is 1.62 bits per heavy atom.